The molecule has 0 aliphatic carbocycles. The van der Waals surface area contributed by atoms with Crippen LogP contribution in [0.1, 0.15) is 32.7 Å². The smallest absolute Gasteiger partial charge is 0.201 e. The van der Waals surface area contributed by atoms with Crippen molar-refractivity contribution in [1.29, 1.82) is 0 Å². The third kappa shape index (κ3) is 1.86. The highest BCUT2D eigenvalue weighted by Crippen LogP contribution is 2.35. The van der Waals surface area contributed by atoms with Gasteiger partial charge in [0, 0.05) is 12.6 Å². The molecular formula is C14H19N3O. The molecule has 0 radical (unpaired) electrons. The lowest BCUT2D eigenvalue weighted by molar-refractivity contribution is -0.0682. The number of nitrogens with zero attached hydrogens (tertiary/aromatic N) is 2. The van der Waals surface area contributed by atoms with Crippen LogP contribution >= 0.6 is 0 Å². The van der Waals surface area contributed by atoms with E-state index < -0.39 is 0 Å². The molecule has 2 N–H and O–H groups in total. The number of para-hydroxylation sites is 2. The maximum atomic E-state index is 6.08. The molecule has 1 aliphatic rings. The van der Waals surface area contributed by atoms with Crippen molar-refractivity contribution in [2.75, 3.05) is 12.3 Å². The first-order valence-corrected chi connectivity index (χ1v) is 6.43. The zero-order valence-corrected chi connectivity index (χ0v) is 10.9. The molecule has 2 heterocycles. The van der Waals surface area contributed by atoms with Gasteiger partial charge in [0.25, 0.3) is 0 Å². The van der Waals surface area contributed by atoms with Crippen molar-refractivity contribution >= 4 is 17.0 Å². The monoisotopic (exact) mass is 245 g/mol. The van der Waals surface area contributed by atoms with Crippen molar-refractivity contribution in [3.05, 3.63) is 24.3 Å². The van der Waals surface area contributed by atoms with Crippen LogP contribution in [0.25, 0.3) is 11.0 Å². The van der Waals surface area contributed by atoms with Gasteiger partial charge in [-0.3, -0.25) is 0 Å². The second kappa shape index (κ2) is 3.99. The van der Waals surface area contributed by atoms with E-state index in [4.69, 9.17) is 10.5 Å². The summed E-state index contributed by atoms with van der Waals surface area (Å²) in [5, 5.41) is 0. The molecule has 0 amide bonds. The van der Waals surface area contributed by atoms with Gasteiger partial charge in [-0.05, 0) is 38.8 Å². The fourth-order valence-corrected chi connectivity index (χ4v) is 2.87. The molecule has 1 aromatic carbocycles. The summed E-state index contributed by atoms with van der Waals surface area (Å²) in [6.07, 6.45) is 1.96. The molecule has 2 aromatic rings. The van der Waals surface area contributed by atoms with E-state index in [1.165, 1.54) is 0 Å². The van der Waals surface area contributed by atoms with Gasteiger partial charge in [0.15, 0.2) is 0 Å². The molecule has 96 valence electrons. The first-order valence-electron chi connectivity index (χ1n) is 6.43. The van der Waals surface area contributed by atoms with E-state index in [9.17, 15) is 0 Å². The molecule has 1 unspecified atom stereocenters. The fourth-order valence-electron chi connectivity index (χ4n) is 2.87. The molecule has 3 rings (SSSR count). The highest BCUT2D eigenvalue weighted by molar-refractivity contribution is 5.78. The zero-order chi connectivity index (χ0) is 12.8. The Morgan fingerprint density at radius 1 is 1.39 bits per heavy atom. The van der Waals surface area contributed by atoms with E-state index in [1.807, 2.05) is 18.2 Å². The van der Waals surface area contributed by atoms with Gasteiger partial charge in [-0.15, -0.1) is 0 Å². The van der Waals surface area contributed by atoms with Gasteiger partial charge in [0.2, 0.25) is 5.95 Å². The van der Waals surface area contributed by atoms with Crippen LogP contribution in [0.2, 0.25) is 0 Å². The molecule has 1 atom stereocenters. The van der Waals surface area contributed by atoms with Gasteiger partial charge in [-0.1, -0.05) is 12.1 Å². The summed E-state index contributed by atoms with van der Waals surface area (Å²) in [6.45, 7) is 5.05. The Kier molecular flexibility index (Phi) is 2.55. The van der Waals surface area contributed by atoms with Crippen molar-refractivity contribution in [3.63, 3.8) is 0 Å². The predicted molar refractivity (Wildman–Crippen MR) is 72.4 cm³/mol. The van der Waals surface area contributed by atoms with Crippen LogP contribution in [-0.4, -0.2) is 21.8 Å². The lowest BCUT2D eigenvalue weighted by atomic mass is 9.93. The number of rotatable bonds is 1. The van der Waals surface area contributed by atoms with E-state index in [1.54, 1.807) is 0 Å². The number of nitrogen functional groups attached to an aromatic ring is 1. The van der Waals surface area contributed by atoms with Gasteiger partial charge < -0.3 is 15.0 Å². The van der Waals surface area contributed by atoms with Crippen LogP contribution in [0.15, 0.2) is 24.3 Å². The number of imidazole rings is 1. The topological polar surface area (TPSA) is 53.1 Å². The summed E-state index contributed by atoms with van der Waals surface area (Å²) in [5.74, 6) is 0.610. The van der Waals surface area contributed by atoms with Crippen molar-refractivity contribution in [2.45, 2.75) is 38.3 Å². The number of ether oxygens (including phenoxy) is 1. The Hall–Kier alpha value is -1.55. The van der Waals surface area contributed by atoms with Gasteiger partial charge in [-0.25, -0.2) is 4.98 Å². The number of aromatic nitrogens is 2. The SMILES string of the molecule is CC1(C)CC(n2c(N)nc3ccccc32)CCO1. The van der Waals surface area contributed by atoms with Crippen LogP contribution in [0.3, 0.4) is 0 Å². The highest BCUT2D eigenvalue weighted by atomic mass is 16.5. The van der Waals surface area contributed by atoms with Crippen LogP contribution in [0.4, 0.5) is 5.95 Å². The Balaban J connectivity index is 2.06. The van der Waals surface area contributed by atoms with E-state index in [-0.39, 0.29) is 5.60 Å². The van der Waals surface area contributed by atoms with Crippen molar-refractivity contribution in [1.82, 2.24) is 9.55 Å². The summed E-state index contributed by atoms with van der Waals surface area (Å²) >= 11 is 0. The molecule has 4 heteroatoms. The largest absolute Gasteiger partial charge is 0.375 e. The Labute approximate surface area is 107 Å². The summed E-state index contributed by atoms with van der Waals surface area (Å²) in [5.41, 5.74) is 8.10. The average molecular weight is 245 g/mol. The number of hydrogen-bond donors (Lipinski definition) is 1. The molecule has 1 aliphatic heterocycles. The Bertz CT molecular complexity index is 573. The van der Waals surface area contributed by atoms with E-state index >= 15 is 0 Å². The normalized spacial score (nSPS) is 23.3. The minimum Gasteiger partial charge on any atom is -0.375 e. The van der Waals surface area contributed by atoms with Gasteiger partial charge in [-0.2, -0.15) is 0 Å². The number of nitrogens with two attached hydrogens (primary N) is 1. The quantitative estimate of drug-likeness (QED) is 0.840. The van der Waals surface area contributed by atoms with Crippen LogP contribution < -0.4 is 5.73 Å². The van der Waals surface area contributed by atoms with E-state index in [0.29, 0.717) is 12.0 Å². The maximum Gasteiger partial charge on any atom is 0.201 e. The Morgan fingerprint density at radius 2 is 2.17 bits per heavy atom. The predicted octanol–water partition coefficient (Wildman–Crippen LogP) is 2.75. The summed E-state index contributed by atoms with van der Waals surface area (Å²) in [4.78, 5) is 4.44. The minimum absolute atomic E-state index is 0.0826. The lowest BCUT2D eigenvalue weighted by Gasteiger charge is -2.36. The van der Waals surface area contributed by atoms with Gasteiger partial charge in [0.05, 0.1) is 16.6 Å². The Morgan fingerprint density at radius 3 is 2.94 bits per heavy atom. The van der Waals surface area contributed by atoms with Crippen LogP contribution in [0, 0.1) is 0 Å². The molecule has 0 saturated carbocycles. The average Bonchev–Trinajstić information content (AvgIpc) is 2.63. The second-order valence-corrected chi connectivity index (χ2v) is 5.58. The molecule has 18 heavy (non-hydrogen) atoms. The lowest BCUT2D eigenvalue weighted by Crippen LogP contribution is -2.35. The number of benzene rings is 1. The minimum atomic E-state index is -0.0826. The van der Waals surface area contributed by atoms with E-state index in [0.717, 1.165) is 30.5 Å². The first-order chi connectivity index (χ1) is 8.57. The highest BCUT2D eigenvalue weighted by Gasteiger charge is 2.31. The summed E-state index contributed by atoms with van der Waals surface area (Å²) in [7, 11) is 0. The molecule has 1 aromatic heterocycles. The maximum absolute atomic E-state index is 6.08. The number of fused-ring (bicyclic) bond motifs is 1. The second-order valence-electron chi connectivity index (χ2n) is 5.58. The standard InChI is InChI=1S/C14H19N3O/c1-14(2)9-10(7-8-18-14)17-12-6-4-3-5-11(12)16-13(17)15/h3-6,10H,7-9H2,1-2H3,(H2,15,16). The molecule has 1 saturated heterocycles. The third-order valence-corrected chi connectivity index (χ3v) is 3.66. The van der Waals surface area contributed by atoms with Crippen LogP contribution in [-0.2, 0) is 4.74 Å². The van der Waals surface area contributed by atoms with Gasteiger partial charge in [0.1, 0.15) is 0 Å². The van der Waals surface area contributed by atoms with Gasteiger partial charge >= 0.3 is 0 Å². The molecule has 0 spiro atoms. The third-order valence-electron chi connectivity index (χ3n) is 3.66. The van der Waals surface area contributed by atoms with Crippen LogP contribution in [0.5, 0.6) is 0 Å². The summed E-state index contributed by atoms with van der Waals surface area (Å²) < 4.78 is 7.94. The number of hydrogen-bond acceptors (Lipinski definition) is 3. The molecule has 1 fully saturated rings. The van der Waals surface area contributed by atoms with Crippen molar-refractivity contribution in [2.24, 2.45) is 0 Å². The van der Waals surface area contributed by atoms with Crippen molar-refractivity contribution < 1.29 is 4.74 Å². The first kappa shape index (κ1) is 11.5. The van der Waals surface area contributed by atoms with E-state index in [2.05, 4.69) is 29.5 Å². The molecule has 0 bridgehead atoms. The molecule has 4 nitrogen and oxygen atoms in total. The number of anilines is 1. The molecular weight excluding hydrogens is 226 g/mol. The zero-order valence-electron chi connectivity index (χ0n) is 10.9. The fraction of sp³-hybridized carbons (Fsp3) is 0.500. The van der Waals surface area contributed by atoms with Crippen molar-refractivity contribution in [3.8, 4) is 0 Å². The summed E-state index contributed by atoms with van der Waals surface area (Å²) in [6, 6.07) is 8.49.